The van der Waals surface area contributed by atoms with Crippen molar-refractivity contribution in [2.24, 2.45) is 0 Å². The van der Waals surface area contributed by atoms with Crippen LogP contribution in [-0.4, -0.2) is 25.9 Å². The number of carbonyl (C=O) groups excluding carboxylic acids is 1. The third-order valence-corrected chi connectivity index (χ3v) is 7.09. The Labute approximate surface area is 227 Å². The van der Waals surface area contributed by atoms with Crippen LogP contribution in [0.25, 0.3) is 5.69 Å². The minimum absolute atomic E-state index is 0.0329. The summed E-state index contributed by atoms with van der Waals surface area (Å²) in [4.78, 5) is 15.6. The van der Waals surface area contributed by atoms with Gasteiger partial charge in [0.25, 0.3) is 0 Å². The van der Waals surface area contributed by atoms with Crippen molar-refractivity contribution < 1.29 is 4.79 Å². The summed E-state index contributed by atoms with van der Waals surface area (Å²) in [6.45, 7) is 4.48. The molecule has 0 saturated carbocycles. The number of nitrogens with zero attached hydrogens (tertiary/aromatic N) is 4. The Hall–Kier alpha value is -4.36. The number of amides is 1. The lowest BCUT2D eigenvalue weighted by molar-refractivity contribution is -0.117. The van der Waals surface area contributed by atoms with Crippen molar-refractivity contribution in [3.05, 3.63) is 127 Å². The second kappa shape index (κ2) is 11.8. The first-order valence-electron chi connectivity index (χ1n) is 12.5. The largest absolute Gasteiger partial charge is 0.378 e. The Morgan fingerprint density at radius 3 is 2.05 bits per heavy atom. The van der Waals surface area contributed by atoms with E-state index in [0.29, 0.717) is 11.7 Å². The molecule has 5 rings (SSSR count). The quantitative estimate of drug-likeness (QED) is 0.212. The first-order valence-corrected chi connectivity index (χ1v) is 13.4. The third-order valence-electron chi connectivity index (χ3n) is 6.06. The van der Waals surface area contributed by atoms with Gasteiger partial charge in [0, 0.05) is 22.7 Å². The van der Waals surface area contributed by atoms with Crippen LogP contribution < -0.4 is 10.2 Å². The molecule has 38 heavy (non-hydrogen) atoms. The van der Waals surface area contributed by atoms with Crippen LogP contribution in [-0.2, 0) is 11.3 Å². The predicted octanol–water partition coefficient (Wildman–Crippen LogP) is 7.03. The van der Waals surface area contributed by atoms with E-state index in [1.807, 2.05) is 115 Å². The maximum atomic E-state index is 13.9. The number of benzene rings is 4. The molecule has 0 radical (unpaired) electrons. The van der Waals surface area contributed by atoms with Gasteiger partial charge < -0.3 is 5.32 Å². The molecule has 1 atom stereocenters. The fourth-order valence-corrected chi connectivity index (χ4v) is 5.14. The molecule has 1 N–H and O–H groups in total. The van der Waals surface area contributed by atoms with Gasteiger partial charge in [-0.1, -0.05) is 78.5 Å². The minimum atomic E-state index is -0.417. The van der Waals surface area contributed by atoms with Crippen LogP contribution in [0.2, 0.25) is 0 Å². The van der Waals surface area contributed by atoms with Gasteiger partial charge in [0.1, 0.15) is 0 Å². The van der Waals surface area contributed by atoms with E-state index in [2.05, 4.69) is 34.6 Å². The zero-order chi connectivity index (χ0) is 26.3. The van der Waals surface area contributed by atoms with Crippen molar-refractivity contribution >= 4 is 34.7 Å². The average Bonchev–Trinajstić information content (AvgIpc) is 3.36. The van der Waals surface area contributed by atoms with Gasteiger partial charge in [0.15, 0.2) is 11.0 Å². The molecule has 0 aliphatic heterocycles. The third kappa shape index (κ3) is 5.79. The molecular weight excluding hydrogens is 490 g/mol. The lowest BCUT2D eigenvalue weighted by Crippen LogP contribution is -2.33. The van der Waals surface area contributed by atoms with Crippen LogP contribution in [0.3, 0.4) is 0 Å². The van der Waals surface area contributed by atoms with E-state index in [4.69, 9.17) is 0 Å². The molecule has 6 nitrogen and oxygen atoms in total. The van der Waals surface area contributed by atoms with E-state index in [-0.39, 0.29) is 5.91 Å². The van der Waals surface area contributed by atoms with Crippen LogP contribution in [0.1, 0.15) is 18.3 Å². The van der Waals surface area contributed by atoms with Crippen molar-refractivity contribution in [1.82, 2.24) is 14.8 Å². The van der Waals surface area contributed by atoms with Gasteiger partial charge in [-0.05, 0) is 67.9 Å². The Bertz CT molecular complexity index is 1450. The molecule has 1 heterocycles. The highest BCUT2D eigenvalue weighted by atomic mass is 32.2. The fourth-order valence-electron chi connectivity index (χ4n) is 4.21. The number of aryl methyl sites for hydroxylation is 1. The number of nitrogens with one attached hydrogen (secondary N) is 1. The summed E-state index contributed by atoms with van der Waals surface area (Å²) < 4.78 is 2.02. The zero-order valence-electron chi connectivity index (χ0n) is 21.4. The van der Waals surface area contributed by atoms with Crippen LogP contribution in [0, 0.1) is 6.92 Å². The van der Waals surface area contributed by atoms with Gasteiger partial charge in [0.05, 0.1) is 11.8 Å². The lowest BCUT2D eigenvalue weighted by atomic mass is 10.2. The number of thioether (sulfide) groups is 1. The molecule has 4 aromatic carbocycles. The van der Waals surface area contributed by atoms with Gasteiger partial charge >= 0.3 is 0 Å². The Morgan fingerprint density at radius 2 is 1.45 bits per heavy atom. The van der Waals surface area contributed by atoms with E-state index >= 15 is 0 Å². The first kappa shape index (κ1) is 25.3. The maximum Gasteiger partial charge on any atom is 0.244 e. The number of hydrogen-bond donors (Lipinski definition) is 1. The van der Waals surface area contributed by atoms with Gasteiger partial charge in [-0.25, -0.2) is 0 Å². The molecule has 7 heteroatoms. The second-order valence-corrected chi connectivity index (χ2v) is 10.2. The highest BCUT2D eigenvalue weighted by Gasteiger charge is 2.27. The van der Waals surface area contributed by atoms with Crippen LogP contribution in [0.4, 0.5) is 17.1 Å². The summed E-state index contributed by atoms with van der Waals surface area (Å²) in [5.41, 5.74) is 4.80. The van der Waals surface area contributed by atoms with Crippen molar-refractivity contribution in [2.75, 3.05) is 10.2 Å². The van der Waals surface area contributed by atoms with E-state index in [0.717, 1.165) is 28.6 Å². The highest BCUT2D eigenvalue weighted by Crippen LogP contribution is 2.32. The number of rotatable bonds is 9. The van der Waals surface area contributed by atoms with Gasteiger partial charge in [-0.2, -0.15) is 0 Å². The fraction of sp³-hybridized carbons (Fsp3) is 0.129. The Balaban J connectivity index is 1.43. The molecule has 0 spiro atoms. The molecule has 1 amide bonds. The number of carbonyl (C=O) groups is 1. The summed E-state index contributed by atoms with van der Waals surface area (Å²) in [5.74, 6) is 0.734. The minimum Gasteiger partial charge on any atom is -0.378 e. The number of anilines is 3. The molecular formula is C31H29N5OS. The van der Waals surface area contributed by atoms with Crippen molar-refractivity contribution in [3.8, 4) is 5.69 Å². The molecule has 0 aliphatic carbocycles. The van der Waals surface area contributed by atoms with E-state index < -0.39 is 5.25 Å². The first-order chi connectivity index (χ1) is 18.6. The van der Waals surface area contributed by atoms with Crippen molar-refractivity contribution in [2.45, 2.75) is 30.8 Å². The lowest BCUT2D eigenvalue weighted by Gasteiger charge is -2.26. The molecule has 190 valence electrons. The number of aromatic nitrogens is 3. The normalized spacial score (nSPS) is 11.6. The maximum absolute atomic E-state index is 13.9. The SMILES string of the molecule is Cc1cccc(NCc2nnc(SC(C)C(=O)N(c3ccccc3)c3ccccc3)n2-c2ccccc2)c1. The molecule has 1 aromatic heterocycles. The summed E-state index contributed by atoms with van der Waals surface area (Å²) in [6, 6.07) is 37.7. The summed E-state index contributed by atoms with van der Waals surface area (Å²) >= 11 is 1.41. The highest BCUT2D eigenvalue weighted by molar-refractivity contribution is 8.00. The van der Waals surface area contributed by atoms with E-state index in [1.165, 1.54) is 17.3 Å². The zero-order valence-corrected chi connectivity index (χ0v) is 22.2. The van der Waals surface area contributed by atoms with Crippen LogP contribution in [0.15, 0.2) is 120 Å². The van der Waals surface area contributed by atoms with Crippen LogP contribution in [0.5, 0.6) is 0 Å². The molecule has 1 unspecified atom stereocenters. The molecule has 0 aliphatic rings. The molecule has 0 saturated heterocycles. The topological polar surface area (TPSA) is 63.1 Å². The standard InChI is InChI=1S/C31H29N5OS/c1-23-13-12-14-25(21-23)32-22-29-33-34-31(36(29)28-19-10-5-11-20-28)38-24(2)30(37)35(26-15-6-3-7-16-26)27-17-8-4-9-18-27/h3-21,24,32H,22H2,1-2H3. The van der Waals surface area contributed by atoms with Crippen LogP contribution >= 0.6 is 11.8 Å². The van der Waals surface area contributed by atoms with Gasteiger partial charge in [0.2, 0.25) is 5.91 Å². The molecule has 5 aromatic rings. The number of hydrogen-bond acceptors (Lipinski definition) is 5. The van der Waals surface area contributed by atoms with Crippen molar-refractivity contribution in [1.29, 1.82) is 0 Å². The van der Waals surface area contributed by atoms with E-state index in [1.54, 1.807) is 4.90 Å². The van der Waals surface area contributed by atoms with E-state index in [9.17, 15) is 4.79 Å². The Kier molecular flexibility index (Phi) is 7.85. The molecule has 0 fully saturated rings. The number of para-hydroxylation sites is 3. The monoisotopic (exact) mass is 519 g/mol. The Morgan fingerprint density at radius 1 is 0.842 bits per heavy atom. The van der Waals surface area contributed by atoms with Crippen molar-refractivity contribution in [3.63, 3.8) is 0 Å². The average molecular weight is 520 g/mol. The smallest absolute Gasteiger partial charge is 0.244 e. The summed E-state index contributed by atoms with van der Waals surface area (Å²) in [7, 11) is 0. The predicted molar refractivity (Wildman–Crippen MR) is 155 cm³/mol. The van der Waals surface area contributed by atoms with Gasteiger partial charge in [-0.3, -0.25) is 14.3 Å². The van der Waals surface area contributed by atoms with Gasteiger partial charge in [-0.15, -0.1) is 10.2 Å². The second-order valence-electron chi connectivity index (χ2n) is 8.90. The molecule has 0 bridgehead atoms. The summed E-state index contributed by atoms with van der Waals surface area (Å²) in [5, 5.41) is 12.7. The summed E-state index contributed by atoms with van der Waals surface area (Å²) in [6.07, 6.45) is 0.